The summed E-state index contributed by atoms with van der Waals surface area (Å²) >= 11 is 0. The van der Waals surface area contributed by atoms with Gasteiger partial charge in [0.2, 0.25) is 10.0 Å². The SMILES string of the molecule is CCNC(=NCCCN(C(C)C)C(C)C)NCCc1ccc(S(N)(=O)=O)cc1. The van der Waals surface area contributed by atoms with Gasteiger partial charge in [-0.3, -0.25) is 9.89 Å². The van der Waals surface area contributed by atoms with Crippen LogP contribution in [0.15, 0.2) is 34.2 Å². The van der Waals surface area contributed by atoms with E-state index in [9.17, 15) is 8.42 Å². The number of sulfonamides is 1. The lowest BCUT2D eigenvalue weighted by Gasteiger charge is -2.30. The summed E-state index contributed by atoms with van der Waals surface area (Å²) in [6, 6.07) is 7.74. The Labute approximate surface area is 170 Å². The highest BCUT2D eigenvalue weighted by Gasteiger charge is 2.12. The molecule has 0 fully saturated rings. The summed E-state index contributed by atoms with van der Waals surface area (Å²) in [6.07, 6.45) is 1.78. The van der Waals surface area contributed by atoms with Gasteiger partial charge in [0.1, 0.15) is 0 Å². The van der Waals surface area contributed by atoms with Crippen LogP contribution in [0.3, 0.4) is 0 Å². The van der Waals surface area contributed by atoms with Crippen molar-refractivity contribution in [1.82, 2.24) is 15.5 Å². The maximum absolute atomic E-state index is 11.3. The number of guanidine groups is 1. The van der Waals surface area contributed by atoms with Crippen molar-refractivity contribution >= 4 is 16.0 Å². The van der Waals surface area contributed by atoms with Crippen molar-refractivity contribution in [3.05, 3.63) is 29.8 Å². The van der Waals surface area contributed by atoms with E-state index in [1.807, 2.05) is 6.92 Å². The molecule has 160 valence electrons. The van der Waals surface area contributed by atoms with Crippen LogP contribution in [0.5, 0.6) is 0 Å². The minimum atomic E-state index is -3.64. The first-order valence-corrected chi connectivity index (χ1v) is 11.6. The Kier molecular flexibility index (Phi) is 10.5. The molecule has 1 aromatic rings. The molecule has 1 rings (SSSR count). The van der Waals surface area contributed by atoms with E-state index >= 15 is 0 Å². The maximum Gasteiger partial charge on any atom is 0.238 e. The molecule has 0 atom stereocenters. The molecule has 1 aromatic carbocycles. The van der Waals surface area contributed by atoms with Gasteiger partial charge in [-0.15, -0.1) is 0 Å². The monoisotopic (exact) mass is 411 g/mol. The Bertz CT molecular complexity index is 692. The van der Waals surface area contributed by atoms with Crippen LogP contribution in [-0.4, -0.2) is 57.5 Å². The van der Waals surface area contributed by atoms with Crippen molar-refractivity contribution < 1.29 is 8.42 Å². The van der Waals surface area contributed by atoms with Gasteiger partial charge in [-0.05, 0) is 65.2 Å². The van der Waals surface area contributed by atoms with Crippen LogP contribution in [0.4, 0.5) is 0 Å². The number of hydrogen-bond acceptors (Lipinski definition) is 4. The summed E-state index contributed by atoms with van der Waals surface area (Å²) in [5, 5.41) is 11.7. The predicted octanol–water partition coefficient (Wildman–Crippen LogP) is 1.94. The molecule has 0 aliphatic heterocycles. The van der Waals surface area contributed by atoms with Gasteiger partial charge in [0.25, 0.3) is 0 Å². The summed E-state index contributed by atoms with van der Waals surface area (Å²) < 4.78 is 22.6. The van der Waals surface area contributed by atoms with Crippen LogP contribution < -0.4 is 15.8 Å². The molecule has 0 unspecified atom stereocenters. The van der Waals surface area contributed by atoms with Crippen LogP contribution >= 0.6 is 0 Å². The molecular weight excluding hydrogens is 374 g/mol. The molecule has 0 amide bonds. The molecule has 8 heteroatoms. The van der Waals surface area contributed by atoms with Crippen LogP contribution in [0.2, 0.25) is 0 Å². The van der Waals surface area contributed by atoms with E-state index in [1.165, 1.54) is 0 Å². The average molecular weight is 412 g/mol. The van der Waals surface area contributed by atoms with E-state index in [0.29, 0.717) is 18.6 Å². The Hall–Kier alpha value is -1.64. The topological polar surface area (TPSA) is 99.8 Å². The number of aliphatic imine (C=N–C) groups is 1. The molecule has 0 aliphatic rings. The number of nitrogens with one attached hydrogen (secondary N) is 2. The second kappa shape index (κ2) is 12.0. The summed E-state index contributed by atoms with van der Waals surface area (Å²) in [7, 11) is -3.64. The van der Waals surface area contributed by atoms with Crippen LogP contribution in [-0.2, 0) is 16.4 Å². The lowest BCUT2D eigenvalue weighted by Crippen LogP contribution is -2.39. The second-order valence-corrected chi connectivity index (χ2v) is 8.97. The fourth-order valence-electron chi connectivity index (χ4n) is 3.07. The number of benzene rings is 1. The molecule has 4 N–H and O–H groups in total. The zero-order valence-electron chi connectivity index (χ0n) is 17.9. The van der Waals surface area contributed by atoms with Gasteiger partial charge in [0, 0.05) is 38.3 Å². The minimum absolute atomic E-state index is 0.135. The second-order valence-electron chi connectivity index (χ2n) is 7.41. The highest BCUT2D eigenvalue weighted by molar-refractivity contribution is 7.89. The van der Waals surface area contributed by atoms with Gasteiger partial charge < -0.3 is 10.6 Å². The highest BCUT2D eigenvalue weighted by Crippen LogP contribution is 2.09. The molecule has 0 saturated carbocycles. The number of hydrogen-bond donors (Lipinski definition) is 3. The molecular formula is C20H37N5O2S. The lowest BCUT2D eigenvalue weighted by molar-refractivity contribution is 0.174. The van der Waals surface area contributed by atoms with Crippen molar-refractivity contribution in [3.63, 3.8) is 0 Å². The van der Waals surface area contributed by atoms with Gasteiger partial charge in [-0.1, -0.05) is 12.1 Å². The number of primary sulfonamides is 1. The van der Waals surface area contributed by atoms with Crippen LogP contribution in [0.25, 0.3) is 0 Å². The fraction of sp³-hybridized carbons (Fsp3) is 0.650. The molecule has 0 aromatic heterocycles. The van der Waals surface area contributed by atoms with Crippen molar-refractivity contribution in [2.24, 2.45) is 10.1 Å². The smallest absolute Gasteiger partial charge is 0.238 e. The Morgan fingerprint density at radius 3 is 2.21 bits per heavy atom. The normalized spacial score (nSPS) is 12.8. The number of nitrogens with zero attached hydrogens (tertiary/aromatic N) is 2. The van der Waals surface area contributed by atoms with Gasteiger partial charge in [0.15, 0.2) is 5.96 Å². The molecule has 7 nitrogen and oxygen atoms in total. The Balaban J connectivity index is 2.48. The van der Waals surface area contributed by atoms with Crippen molar-refractivity contribution in [2.75, 3.05) is 26.2 Å². The Morgan fingerprint density at radius 2 is 1.71 bits per heavy atom. The highest BCUT2D eigenvalue weighted by atomic mass is 32.2. The third kappa shape index (κ3) is 9.03. The third-order valence-electron chi connectivity index (χ3n) is 4.47. The first-order valence-electron chi connectivity index (χ1n) is 10.0. The Morgan fingerprint density at radius 1 is 1.11 bits per heavy atom. The van der Waals surface area contributed by atoms with E-state index in [4.69, 9.17) is 5.14 Å². The molecule has 28 heavy (non-hydrogen) atoms. The molecule has 0 heterocycles. The standard InChI is InChI=1S/C20H37N5O2S/c1-6-22-20(23-13-7-15-25(16(2)3)17(4)5)24-14-12-18-8-10-19(11-9-18)28(21,26)27/h8-11,16-17H,6-7,12-15H2,1-5H3,(H2,21,26,27)(H2,22,23,24). The van der Waals surface area contributed by atoms with E-state index in [1.54, 1.807) is 24.3 Å². The van der Waals surface area contributed by atoms with Gasteiger partial charge >= 0.3 is 0 Å². The lowest BCUT2D eigenvalue weighted by atomic mass is 10.1. The molecule has 0 aliphatic carbocycles. The van der Waals surface area contributed by atoms with Crippen LogP contribution in [0, 0.1) is 0 Å². The van der Waals surface area contributed by atoms with Gasteiger partial charge in [-0.2, -0.15) is 0 Å². The molecule has 0 spiro atoms. The first-order chi connectivity index (χ1) is 13.1. The quantitative estimate of drug-likeness (QED) is 0.294. The molecule has 0 saturated heterocycles. The third-order valence-corrected chi connectivity index (χ3v) is 5.40. The van der Waals surface area contributed by atoms with Gasteiger partial charge in [0.05, 0.1) is 4.90 Å². The molecule has 0 radical (unpaired) electrons. The largest absolute Gasteiger partial charge is 0.357 e. The van der Waals surface area contributed by atoms with Crippen molar-refractivity contribution in [1.29, 1.82) is 0 Å². The zero-order chi connectivity index (χ0) is 21.2. The minimum Gasteiger partial charge on any atom is -0.357 e. The van der Waals surface area contributed by atoms with Crippen LogP contribution in [0.1, 0.15) is 46.6 Å². The maximum atomic E-state index is 11.3. The summed E-state index contributed by atoms with van der Waals surface area (Å²) in [5.41, 5.74) is 1.04. The van der Waals surface area contributed by atoms with E-state index < -0.39 is 10.0 Å². The summed E-state index contributed by atoms with van der Waals surface area (Å²) in [4.78, 5) is 7.26. The predicted molar refractivity (Wildman–Crippen MR) is 117 cm³/mol. The number of nitrogens with two attached hydrogens (primary N) is 1. The fourth-order valence-corrected chi connectivity index (χ4v) is 3.59. The van der Waals surface area contributed by atoms with Gasteiger partial charge in [-0.25, -0.2) is 13.6 Å². The zero-order valence-corrected chi connectivity index (χ0v) is 18.7. The number of rotatable bonds is 11. The van der Waals surface area contributed by atoms with Crippen molar-refractivity contribution in [2.45, 2.75) is 64.4 Å². The molecule has 0 bridgehead atoms. The summed E-state index contributed by atoms with van der Waals surface area (Å²) in [5.74, 6) is 0.810. The average Bonchev–Trinajstić information content (AvgIpc) is 2.60. The van der Waals surface area contributed by atoms with E-state index in [0.717, 1.165) is 44.0 Å². The first kappa shape index (κ1) is 24.4. The summed E-state index contributed by atoms with van der Waals surface area (Å²) in [6.45, 7) is 14.3. The van der Waals surface area contributed by atoms with Crippen molar-refractivity contribution in [3.8, 4) is 0 Å². The van der Waals surface area contributed by atoms with E-state index in [-0.39, 0.29) is 4.90 Å². The van der Waals surface area contributed by atoms with E-state index in [2.05, 4.69) is 48.2 Å².